The minimum Gasteiger partial charge on any atom is -0.346 e. The normalized spacial score (nSPS) is 11.0. The summed E-state index contributed by atoms with van der Waals surface area (Å²) < 4.78 is 0. The van der Waals surface area contributed by atoms with Crippen molar-refractivity contribution in [3.05, 3.63) is 40.3 Å². The van der Waals surface area contributed by atoms with Crippen LogP contribution in [0.4, 0.5) is 0 Å². The standard InChI is InChI=1S/C11H7ClN2S/c12-9-5-14-11-8(1-3-13-11)10(9)7-2-4-15-6-7/h1-6H,(H,13,14). The molecule has 0 aromatic carbocycles. The predicted octanol–water partition coefficient (Wildman–Crippen LogP) is 3.94. The predicted molar refractivity (Wildman–Crippen MR) is 64.4 cm³/mol. The molecular weight excluding hydrogens is 228 g/mol. The fourth-order valence-corrected chi connectivity index (χ4v) is 2.59. The number of rotatable bonds is 1. The Balaban J connectivity index is 2.41. The number of aromatic amines is 1. The van der Waals surface area contributed by atoms with Crippen LogP contribution in [0.2, 0.25) is 5.02 Å². The van der Waals surface area contributed by atoms with Crippen LogP contribution in [0.5, 0.6) is 0 Å². The van der Waals surface area contributed by atoms with Crippen LogP contribution in [-0.4, -0.2) is 9.97 Å². The van der Waals surface area contributed by atoms with Gasteiger partial charge in [-0.25, -0.2) is 4.98 Å². The number of fused-ring (bicyclic) bond motifs is 1. The molecule has 0 fully saturated rings. The Kier molecular flexibility index (Phi) is 2.01. The molecule has 0 aliphatic heterocycles. The Morgan fingerprint density at radius 1 is 1.33 bits per heavy atom. The summed E-state index contributed by atoms with van der Waals surface area (Å²) in [5.74, 6) is 0. The SMILES string of the molecule is Clc1cnc2[nH]ccc2c1-c1ccsc1. The fourth-order valence-electron chi connectivity index (χ4n) is 1.68. The fraction of sp³-hybridized carbons (Fsp3) is 0. The van der Waals surface area contributed by atoms with E-state index in [1.807, 2.05) is 17.6 Å². The first-order chi connectivity index (χ1) is 7.36. The molecule has 0 unspecified atom stereocenters. The van der Waals surface area contributed by atoms with E-state index in [4.69, 9.17) is 11.6 Å². The molecule has 0 aliphatic carbocycles. The quantitative estimate of drug-likeness (QED) is 0.679. The lowest BCUT2D eigenvalue weighted by molar-refractivity contribution is 1.33. The molecule has 15 heavy (non-hydrogen) atoms. The van der Waals surface area contributed by atoms with E-state index >= 15 is 0 Å². The van der Waals surface area contributed by atoms with Gasteiger partial charge in [-0.15, -0.1) is 0 Å². The Bertz CT molecular complexity index is 598. The number of nitrogens with one attached hydrogen (secondary N) is 1. The van der Waals surface area contributed by atoms with Crippen molar-refractivity contribution in [1.82, 2.24) is 9.97 Å². The molecule has 1 N–H and O–H groups in total. The molecule has 0 aliphatic rings. The molecule has 4 heteroatoms. The van der Waals surface area contributed by atoms with Gasteiger partial charge in [0, 0.05) is 23.3 Å². The number of nitrogens with zero attached hydrogens (tertiary/aromatic N) is 1. The van der Waals surface area contributed by atoms with Crippen LogP contribution in [0.3, 0.4) is 0 Å². The molecule has 0 saturated carbocycles. The van der Waals surface area contributed by atoms with Crippen molar-refractivity contribution in [3.8, 4) is 11.1 Å². The zero-order chi connectivity index (χ0) is 10.3. The van der Waals surface area contributed by atoms with Crippen molar-refractivity contribution in [3.63, 3.8) is 0 Å². The van der Waals surface area contributed by atoms with Gasteiger partial charge < -0.3 is 4.98 Å². The number of pyridine rings is 1. The molecule has 0 atom stereocenters. The summed E-state index contributed by atoms with van der Waals surface area (Å²) >= 11 is 7.84. The maximum atomic E-state index is 6.18. The average molecular weight is 235 g/mol. The maximum Gasteiger partial charge on any atom is 0.137 e. The van der Waals surface area contributed by atoms with Gasteiger partial charge in [0.25, 0.3) is 0 Å². The summed E-state index contributed by atoms with van der Waals surface area (Å²) in [6.45, 7) is 0. The van der Waals surface area contributed by atoms with Gasteiger partial charge in [0.1, 0.15) is 5.65 Å². The number of thiophene rings is 1. The van der Waals surface area contributed by atoms with Crippen LogP contribution in [0.25, 0.3) is 22.2 Å². The van der Waals surface area contributed by atoms with Crippen LogP contribution in [0, 0.1) is 0 Å². The summed E-state index contributed by atoms with van der Waals surface area (Å²) in [4.78, 5) is 7.31. The number of hydrogen-bond donors (Lipinski definition) is 1. The monoisotopic (exact) mass is 234 g/mol. The van der Waals surface area contributed by atoms with Crippen LogP contribution in [-0.2, 0) is 0 Å². The van der Waals surface area contributed by atoms with Gasteiger partial charge in [0.2, 0.25) is 0 Å². The van der Waals surface area contributed by atoms with Gasteiger partial charge in [-0.3, -0.25) is 0 Å². The minimum atomic E-state index is 0.695. The summed E-state index contributed by atoms with van der Waals surface area (Å²) in [5.41, 5.74) is 3.08. The molecule has 0 bridgehead atoms. The van der Waals surface area contributed by atoms with Gasteiger partial charge in [-0.2, -0.15) is 11.3 Å². The molecule has 74 valence electrons. The Labute approximate surface area is 95.5 Å². The Morgan fingerprint density at radius 3 is 3.07 bits per heavy atom. The molecule has 2 nitrogen and oxygen atoms in total. The van der Waals surface area contributed by atoms with E-state index in [9.17, 15) is 0 Å². The highest BCUT2D eigenvalue weighted by Gasteiger charge is 2.10. The second kappa shape index (κ2) is 3.36. The lowest BCUT2D eigenvalue weighted by Gasteiger charge is -2.02. The number of halogens is 1. The van der Waals surface area contributed by atoms with E-state index in [-0.39, 0.29) is 0 Å². The topological polar surface area (TPSA) is 28.7 Å². The Hall–Kier alpha value is -1.32. The van der Waals surface area contributed by atoms with E-state index < -0.39 is 0 Å². The van der Waals surface area contributed by atoms with Crippen LogP contribution in [0.1, 0.15) is 0 Å². The zero-order valence-electron chi connectivity index (χ0n) is 7.70. The second-order valence-electron chi connectivity index (χ2n) is 3.23. The molecule has 0 saturated heterocycles. The molecule has 3 rings (SSSR count). The lowest BCUT2D eigenvalue weighted by atomic mass is 10.1. The number of hydrogen-bond acceptors (Lipinski definition) is 2. The summed E-state index contributed by atoms with van der Waals surface area (Å²) in [6.07, 6.45) is 3.57. The van der Waals surface area contributed by atoms with Crippen LogP contribution < -0.4 is 0 Å². The summed E-state index contributed by atoms with van der Waals surface area (Å²) in [5, 5.41) is 5.90. The van der Waals surface area contributed by atoms with Gasteiger partial charge >= 0.3 is 0 Å². The van der Waals surface area contributed by atoms with Crippen LogP contribution >= 0.6 is 22.9 Å². The van der Waals surface area contributed by atoms with Crippen LogP contribution in [0.15, 0.2) is 35.3 Å². The van der Waals surface area contributed by atoms with E-state index in [2.05, 4.69) is 21.4 Å². The third-order valence-corrected chi connectivity index (χ3v) is 3.32. The molecule has 0 spiro atoms. The average Bonchev–Trinajstić information content (AvgIpc) is 2.85. The minimum absolute atomic E-state index is 0.695. The first kappa shape index (κ1) is 8.95. The third kappa shape index (κ3) is 1.35. The van der Waals surface area contributed by atoms with Gasteiger partial charge in [-0.1, -0.05) is 11.6 Å². The molecule has 0 amide bonds. The van der Waals surface area contributed by atoms with E-state index in [1.165, 1.54) is 0 Å². The van der Waals surface area contributed by atoms with Crippen molar-refractivity contribution < 1.29 is 0 Å². The van der Waals surface area contributed by atoms with E-state index in [0.717, 1.165) is 22.2 Å². The van der Waals surface area contributed by atoms with E-state index in [0.29, 0.717) is 5.02 Å². The molecule has 3 aromatic rings. The number of H-pyrrole nitrogens is 1. The zero-order valence-corrected chi connectivity index (χ0v) is 9.27. The first-order valence-electron chi connectivity index (χ1n) is 4.50. The van der Waals surface area contributed by atoms with Crippen molar-refractivity contribution in [2.75, 3.05) is 0 Å². The smallest absolute Gasteiger partial charge is 0.137 e. The highest BCUT2D eigenvalue weighted by Crippen LogP contribution is 2.34. The molecular formula is C11H7ClN2S. The summed E-state index contributed by atoms with van der Waals surface area (Å²) in [7, 11) is 0. The van der Waals surface area contributed by atoms with Crippen molar-refractivity contribution in [2.24, 2.45) is 0 Å². The largest absolute Gasteiger partial charge is 0.346 e. The van der Waals surface area contributed by atoms with Crippen molar-refractivity contribution in [2.45, 2.75) is 0 Å². The highest BCUT2D eigenvalue weighted by atomic mass is 35.5. The highest BCUT2D eigenvalue weighted by molar-refractivity contribution is 7.08. The molecule has 0 radical (unpaired) electrons. The molecule has 3 aromatic heterocycles. The van der Waals surface area contributed by atoms with E-state index in [1.54, 1.807) is 17.5 Å². The Morgan fingerprint density at radius 2 is 2.27 bits per heavy atom. The molecule has 3 heterocycles. The van der Waals surface area contributed by atoms with Crippen molar-refractivity contribution in [1.29, 1.82) is 0 Å². The van der Waals surface area contributed by atoms with Gasteiger partial charge in [0.05, 0.1) is 5.02 Å². The van der Waals surface area contributed by atoms with Crippen molar-refractivity contribution >= 4 is 34.0 Å². The summed E-state index contributed by atoms with van der Waals surface area (Å²) in [6, 6.07) is 4.07. The number of aromatic nitrogens is 2. The second-order valence-corrected chi connectivity index (χ2v) is 4.42. The van der Waals surface area contributed by atoms with Gasteiger partial charge in [0.15, 0.2) is 0 Å². The lowest BCUT2D eigenvalue weighted by Crippen LogP contribution is -1.82. The van der Waals surface area contributed by atoms with Gasteiger partial charge in [-0.05, 0) is 28.5 Å². The first-order valence-corrected chi connectivity index (χ1v) is 5.82. The third-order valence-electron chi connectivity index (χ3n) is 2.35. The maximum absolute atomic E-state index is 6.18.